The number of anilines is 2. The molecular formula is C13H17N3. The first-order chi connectivity index (χ1) is 7.81. The number of aromatic nitrogens is 1. The van der Waals surface area contributed by atoms with Gasteiger partial charge in [-0.3, -0.25) is 0 Å². The first-order valence-electron chi connectivity index (χ1n) is 5.69. The number of nitrogen functional groups attached to an aromatic ring is 1. The number of pyridine rings is 1. The number of rotatable bonds is 4. The highest BCUT2D eigenvalue weighted by Gasteiger charge is 2.01. The molecule has 3 N–H and O–H groups in total. The second-order valence-corrected chi connectivity index (χ2v) is 3.92. The monoisotopic (exact) mass is 215 g/mol. The van der Waals surface area contributed by atoms with Crippen molar-refractivity contribution < 1.29 is 0 Å². The van der Waals surface area contributed by atoms with Crippen molar-refractivity contribution in [3.05, 3.63) is 30.5 Å². The smallest absolute Gasteiger partial charge is 0.133 e. The zero-order valence-corrected chi connectivity index (χ0v) is 9.53. The van der Waals surface area contributed by atoms with Gasteiger partial charge in [0, 0.05) is 23.8 Å². The van der Waals surface area contributed by atoms with Gasteiger partial charge in [0.15, 0.2) is 0 Å². The number of unbranched alkanes of at least 4 members (excludes halogenated alkanes) is 1. The highest BCUT2D eigenvalue weighted by atomic mass is 15.0. The number of fused-ring (bicyclic) bond motifs is 1. The Bertz CT molecular complexity index is 480. The van der Waals surface area contributed by atoms with E-state index in [1.54, 1.807) is 0 Å². The van der Waals surface area contributed by atoms with Gasteiger partial charge in [-0.15, -0.1) is 0 Å². The van der Waals surface area contributed by atoms with E-state index in [0.29, 0.717) is 0 Å². The van der Waals surface area contributed by atoms with Crippen LogP contribution in [0.25, 0.3) is 10.8 Å². The minimum absolute atomic E-state index is 0.777. The molecule has 0 aliphatic heterocycles. The van der Waals surface area contributed by atoms with E-state index in [0.717, 1.165) is 29.9 Å². The van der Waals surface area contributed by atoms with Crippen molar-refractivity contribution in [1.29, 1.82) is 0 Å². The lowest BCUT2D eigenvalue weighted by Crippen LogP contribution is -2.03. The van der Waals surface area contributed by atoms with E-state index in [-0.39, 0.29) is 0 Å². The lowest BCUT2D eigenvalue weighted by Gasteiger charge is -2.08. The summed E-state index contributed by atoms with van der Waals surface area (Å²) < 4.78 is 0. The predicted molar refractivity (Wildman–Crippen MR) is 69.6 cm³/mol. The van der Waals surface area contributed by atoms with Gasteiger partial charge in [0.25, 0.3) is 0 Å². The lowest BCUT2D eigenvalue weighted by atomic mass is 10.1. The molecule has 2 aromatic rings. The highest BCUT2D eigenvalue weighted by molar-refractivity contribution is 5.93. The lowest BCUT2D eigenvalue weighted by molar-refractivity contribution is 0.832. The molecule has 0 bridgehead atoms. The number of hydrogen-bond acceptors (Lipinski definition) is 3. The van der Waals surface area contributed by atoms with E-state index >= 15 is 0 Å². The van der Waals surface area contributed by atoms with Gasteiger partial charge >= 0.3 is 0 Å². The summed E-state index contributed by atoms with van der Waals surface area (Å²) in [5, 5.41) is 5.61. The van der Waals surface area contributed by atoms with Crippen molar-refractivity contribution in [2.45, 2.75) is 19.8 Å². The molecule has 1 aromatic heterocycles. The minimum atomic E-state index is 0.777. The molecule has 0 spiro atoms. The van der Waals surface area contributed by atoms with E-state index < -0.39 is 0 Å². The Morgan fingerprint density at radius 1 is 1.31 bits per heavy atom. The van der Waals surface area contributed by atoms with Crippen molar-refractivity contribution in [3.63, 3.8) is 0 Å². The molecule has 0 radical (unpaired) electrons. The number of nitrogens with two attached hydrogens (primary N) is 1. The summed E-state index contributed by atoms with van der Waals surface area (Å²) in [6.45, 7) is 3.13. The topological polar surface area (TPSA) is 50.9 Å². The molecule has 2 rings (SSSR count). The van der Waals surface area contributed by atoms with Crippen LogP contribution in [0.2, 0.25) is 0 Å². The Balaban J connectivity index is 2.32. The Labute approximate surface area is 95.7 Å². The van der Waals surface area contributed by atoms with Gasteiger partial charge in [0.1, 0.15) is 5.82 Å². The first kappa shape index (κ1) is 10.7. The molecule has 0 atom stereocenters. The number of benzene rings is 1. The van der Waals surface area contributed by atoms with Crippen LogP contribution in [0.15, 0.2) is 30.5 Å². The maximum absolute atomic E-state index is 5.79. The molecule has 3 heteroatoms. The van der Waals surface area contributed by atoms with Crippen LogP contribution >= 0.6 is 0 Å². The fraction of sp³-hybridized carbons (Fsp3) is 0.308. The second-order valence-electron chi connectivity index (χ2n) is 3.92. The Morgan fingerprint density at radius 3 is 3.00 bits per heavy atom. The Morgan fingerprint density at radius 2 is 2.19 bits per heavy atom. The molecule has 0 saturated carbocycles. The summed E-state index contributed by atoms with van der Waals surface area (Å²) in [7, 11) is 0. The van der Waals surface area contributed by atoms with Gasteiger partial charge < -0.3 is 11.1 Å². The molecule has 84 valence electrons. The van der Waals surface area contributed by atoms with E-state index in [9.17, 15) is 0 Å². The number of hydrogen-bond donors (Lipinski definition) is 2. The van der Waals surface area contributed by atoms with Gasteiger partial charge in [-0.25, -0.2) is 4.98 Å². The third-order valence-corrected chi connectivity index (χ3v) is 2.61. The van der Waals surface area contributed by atoms with Crippen LogP contribution in [0.1, 0.15) is 19.8 Å². The van der Waals surface area contributed by atoms with Crippen LogP contribution in [0.4, 0.5) is 11.5 Å². The summed E-state index contributed by atoms with van der Waals surface area (Å²) in [6, 6.07) is 7.91. The van der Waals surface area contributed by atoms with Gasteiger partial charge in [0.05, 0.1) is 0 Å². The molecule has 0 aliphatic carbocycles. The van der Waals surface area contributed by atoms with Crippen LogP contribution in [0, 0.1) is 0 Å². The van der Waals surface area contributed by atoms with E-state index in [4.69, 9.17) is 5.73 Å². The van der Waals surface area contributed by atoms with E-state index in [2.05, 4.69) is 17.2 Å². The quantitative estimate of drug-likeness (QED) is 0.609. The van der Waals surface area contributed by atoms with Gasteiger partial charge in [-0.1, -0.05) is 19.4 Å². The summed E-state index contributed by atoms with van der Waals surface area (Å²) in [6.07, 6.45) is 4.16. The molecule has 1 aromatic carbocycles. The average Bonchev–Trinajstić information content (AvgIpc) is 2.30. The molecule has 0 saturated heterocycles. The Kier molecular flexibility index (Phi) is 3.25. The third kappa shape index (κ3) is 2.24. The SMILES string of the molecule is CCCCNc1nccc2ccc(N)cc12. The molecule has 0 amide bonds. The largest absolute Gasteiger partial charge is 0.399 e. The van der Waals surface area contributed by atoms with Crippen LogP contribution < -0.4 is 11.1 Å². The van der Waals surface area contributed by atoms with Gasteiger partial charge in [-0.2, -0.15) is 0 Å². The van der Waals surface area contributed by atoms with Crippen molar-refractivity contribution in [3.8, 4) is 0 Å². The summed E-state index contributed by atoms with van der Waals surface area (Å²) >= 11 is 0. The zero-order valence-electron chi connectivity index (χ0n) is 9.53. The van der Waals surface area contributed by atoms with E-state index in [1.165, 1.54) is 11.8 Å². The van der Waals surface area contributed by atoms with Crippen molar-refractivity contribution in [1.82, 2.24) is 4.98 Å². The summed E-state index contributed by atoms with van der Waals surface area (Å²) in [5.74, 6) is 0.929. The molecule has 3 nitrogen and oxygen atoms in total. The van der Waals surface area contributed by atoms with Crippen molar-refractivity contribution in [2.24, 2.45) is 0 Å². The van der Waals surface area contributed by atoms with Gasteiger partial charge in [0.2, 0.25) is 0 Å². The van der Waals surface area contributed by atoms with Crippen LogP contribution in [0.3, 0.4) is 0 Å². The predicted octanol–water partition coefficient (Wildman–Crippen LogP) is 3.03. The summed E-state index contributed by atoms with van der Waals surface area (Å²) in [5.41, 5.74) is 6.57. The first-order valence-corrected chi connectivity index (χ1v) is 5.69. The fourth-order valence-electron chi connectivity index (χ4n) is 1.71. The molecule has 1 heterocycles. The molecule has 16 heavy (non-hydrogen) atoms. The van der Waals surface area contributed by atoms with Crippen LogP contribution in [-0.2, 0) is 0 Å². The van der Waals surface area contributed by atoms with Crippen LogP contribution in [-0.4, -0.2) is 11.5 Å². The normalized spacial score (nSPS) is 10.6. The van der Waals surface area contributed by atoms with Crippen LogP contribution in [0.5, 0.6) is 0 Å². The number of nitrogens with one attached hydrogen (secondary N) is 1. The highest BCUT2D eigenvalue weighted by Crippen LogP contribution is 2.23. The zero-order chi connectivity index (χ0) is 11.4. The van der Waals surface area contributed by atoms with E-state index in [1.807, 2.05) is 30.5 Å². The van der Waals surface area contributed by atoms with Gasteiger partial charge in [-0.05, 0) is 30.0 Å². The number of nitrogens with zero attached hydrogens (tertiary/aromatic N) is 1. The minimum Gasteiger partial charge on any atom is -0.399 e. The average molecular weight is 215 g/mol. The molecular weight excluding hydrogens is 198 g/mol. The standard InChI is InChI=1S/C13H17N3/c1-2-3-7-15-13-12-9-11(14)5-4-10(12)6-8-16-13/h4-6,8-9H,2-3,7,14H2,1H3,(H,15,16). The van der Waals surface area contributed by atoms with Crippen molar-refractivity contribution >= 4 is 22.3 Å². The third-order valence-electron chi connectivity index (χ3n) is 2.61. The second kappa shape index (κ2) is 4.84. The molecule has 0 aliphatic rings. The Hall–Kier alpha value is -1.77. The molecule has 0 unspecified atom stereocenters. The molecule has 0 fully saturated rings. The van der Waals surface area contributed by atoms with Crippen molar-refractivity contribution in [2.75, 3.05) is 17.6 Å². The maximum Gasteiger partial charge on any atom is 0.133 e. The fourth-order valence-corrected chi connectivity index (χ4v) is 1.71. The summed E-state index contributed by atoms with van der Waals surface area (Å²) in [4.78, 5) is 4.35. The maximum atomic E-state index is 5.79.